The van der Waals surface area contributed by atoms with Crippen molar-refractivity contribution >= 4 is 11.9 Å². The lowest BCUT2D eigenvalue weighted by Gasteiger charge is -2.22. The number of hydrogen-bond donors (Lipinski definition) is 2. The zero-order valence-corrected chi connectivity index (χ0v) is 14.5. The van der Waals surface area contributed by atoms with Crippen LogP contribution in [0, 0.1) is 5.82 Å². The smallest absolute Gasteiger partial charge is 0.305 e. The van der Waals surface area contributed by atoms with Gasteiger partial charge in [0.15, 0.2) is 0 Å². The molecule has 4 nitrogen and oxygen atoms in total. The fraction of sp³-hybridized carbons (Fsp3) is 0.300. The first-order valence-electron chi connectivity index (χ1n) is 8.05. The molecule has 0 aliphatic rings. The van der Waals surface area contributed by atoms with Gasteiger partial charge in [-0.1, -0.05) is 51.1 Å². The van der Waals surface area contributed by atoms with E-state index in [2.05, 4.69) is 26.1 Å². The average molecular weight is 343 g/mol. The summed E-state index contributed by atoms with van der Waals surface area (Å²) in [5, 5.41) is 11.8. The van der Waals surface area contributed by atoms with Crippen LogP contribution in [0.4, 0.5) is 4.39 Å². The van der Waals surface area contributed by atoms with Gasteiger partial charge in [-0.15, -0.1) is 0 Å². The maximum absolute atomic E-state index is 13.3. The summed E-state index contributed by atoms with van der Waals surface area (Å²) >= 11 is 0. The first-order chi connectivity index (χ1) is 11.7. The Kier molecular flexibility index (Phi) is 5.57. The van der Waals surface area contributed by atoms with Gasteiger partial charge in [0.25, 0.3) is 5.91 Å². The van der Waals surface area contributed by atoms with Crippen molar-refractivity contribution in [3.63, 3.8) is 0 Å². The molecule has 0 unspecified atom stereocenters. The monoisotopic (exact) mass is 343 g/mol. The fourth-order valence-corrected chi connectivity index (χ4v) is 2.51. The molecular formula is C20H22FNO3. The minimum Gasteiger partial charge on any atom is -0.481 e. The van der Waals surface area contributed by atoms with Crippen molar-refractivity contribution in [2.24, 2.45) is 0 Å². The van der Waals surface area contributed by atoms with Crippen molar-refractivity contribution in [3.8, 4) is 0 Å². The predicted molar refractivity (Wildman–Crippen MR) is 94.0 cm³/mol. The number of aliphatic carboxylic acids is 1. The number of hydrogen-bond acceptors (Lipinski definition) is 2. The van der Waals surface area contributed by atoms with Gasteiger partial charge in [-0.25, -0.2) is 4.39 Å². The van der Waals surface area contributed by atoms with Gasteiger partial charge < -0.3 is 10.4 Å². The zero-order chi connectivity index (χ0) is 18.6. The molecule has 2 aromatic rings. The summed E-state index contributed by atoms with van der Waals surface area (Å²) in [5.74, 6) is -2.05. The van der Waals surface area contributed by atoms with Crippen LogP contribution in [0.3, 0.4) is 0 Å². The second kappa shape index (κ2) is 7.47. The van der Waals surface area contributed by atoms with E-state index >= 15 is 0 Å². The molecule has 25 heavy (non-hydrogen) atoms. The zero-order valence-electron chi connectivity index (χ0n) is 14.5. The maximum atomic E-state index is 13.3. The highest BCUT2D eigenvalue weighted by Crippen LogP contribution is 2.25. The normalized spacial score (nSPS) is 12.5. The number of carbonyl (C=O) groups excluding carboxylic acids is 1. The number of carboxylic acid groups (broad SMARTS) is 1. The van der Waals surface area contributed by atoms with Crippen molar-refractivity contribution in [2.75, 3.05) is 0 Å². The van der Waals surface area contributed by atoms with Crippen LogP contribution in [0.1, 0.15) is 54.7 Å². The molecular weight excluding hydrogens is 321 g/mol. The molecule has 0 aliphatic heterocycles. The van der Waals surface area contributed by atoms with E-state index in [1.807, 2.05) is 24.3 Å². The van der Waals surface area contributed by atoms with Crippen molar-refractivity contribution < 1.29 is 19.1 Å². The van der Waals surface area contributed by atoms with E-state index in [4.69, 9.17) is 5.11 Å². The van der Waals surface area contributed by atoms with Crippen LogP contribution in [-0.2, 0) is 10.2 Å². The van der Waals surface area contributed by atoms with Crippen molar-refractivity contribution in [2.45, 2.75) is 38.6 Å². The van der Waals surface area contributed by atoms with Crippen LogP contribution in [0.15, 0.2) is 48.5 Å². The first kappa shape index (κ1) is 18.6. The molecule has 0 spiro atoms. The molecule has 132 valence electrons. The highest BCUT2D eigenvalue weighted by Gasteiger charge is 2.20. The van der Waals surface area contributed by atoms with Gasteiger partial charge in [0.2, 0.25) is 0 Å². The summed E-state index contributed by atoms with van der Waals surface area (Å²) in [6.45, 7) is 6.26. The Balaban J connectivity index is 2.24. The highest BCUT2D eigenvalue weighted by molar-refractivity contribution is 5.94. The van der Waals surface area contributed by atoms with Gasteiger partial charge in [-0.05, 0) is 34.7 Å². The lowest BCUT2D eigenvalue weighted by Crippen LogP contribution is -2.30. The molecule has 1 atom stereocenters. The summed E-state index contributed by atoms with van der Waals surface area (Å²) in [7, 11) is 0. The van der Waals surface area contributed by atoms with Crippen LogP contribution in [0.25, 0.3) is 0 Å². The first-order valence-corrected chi connectivity index (χ1v) is 8.05. The summed E-state index contributed by atoms with van der Waals surface area (Å²) < 4.78 is 13.3. The van der Waals surface area contributed by atoms with Crippen LogP contribution in [0.5, 0.6) is 0 Å². The van der Waals surface area contributed by atoms with E-state index in [1.165, 1.54) is 18.2 Å². The molecule has 2 N–H and O–H groups in total. The molecule has 0 radical (unpaired) electrons. The molecule has 0 bridgehead atoms. The Bertz CT molecular complexity index is 763. The molecule has 0 aliphatic carbocycles. The number of amides is 1. The van der Waals surface area contributed by atoms with Gasteiger partial charge >= 0.3 is 5.97 Å². The quantitative estimate of drug-likeness (QED) is 0.860. The fourth-order valence-electron chi connectivity index (χ4n) is 2.51. The standard InChI is InChI=1S/C20H22FNO3/c1-20(2,3)15-9-7-13(8-10-15)17(12-18(23)24)22-19(25)14-5-4-6-16(21)11-14/h4-11,17H,12H2,1-3H3,(H,22,25)(H,23,24)/t17-/m0/s1. The lowest BCUT2D eigenvalue weighted by molar-refractivity contribution is -0.137. The van der Waals surface area contributed by atoms with E-state index in [1.54, 1.807) is 0 Å². The molecule has 0 fully saturated rings. The summed E-state index contributed by atoms with van der Waals surface area (Å²) in [6, 6.07) is 12.1. The van der Waals surface area contributed by atoms with Gasteiger partial charge in [-0.3, -0.25) is 9.59 Å². The van der Waals surface area contributed by atoms with Gasteiger partial charge in [0, 0.05) is 5.56 Å². The van der Waals surface area contributed by atoms with Gasteiger partial charge in [-0.2, -0.15) is 0 Å². The number of halogens is 1. The van der Waals surface area contributed by atoms with Crippen LogP contribution in [-0.4, -0.2) is 17.0 Å². The minimum absolute atomic E-state index is 0.0222. The van der Waals surface area contributed by atoms with E-state index in [0.717, 1.165) is 11.6 Å². The van der Waals surface area contributed by atoms with E-state index in [-0.39, 0.29) is 17.4 Å². The third kappa shape index (κ3) is 5.14. The highest BCUT2D eigenvalue weighted by atomic mass is 19.1. The maximum Gasteiger partial charge on any atom is 0.305 e. The number of nitrogens with one attached hydrogen (secondary N) is 1. The lowest BCUT2D eigenvalue weighted by atomic mass is 9.86. The summed E-state index contributed by atoms with van der Waals surface area (Å²) in [6.07, 6.45) is -0.254. The second-order valence-corrected chi connectivity index (χ2v) is 7.01. The summed E-state index contributed by atoms with van der Waals surface area (Å²) in [4.78, 5) is 23.5. The number of benzene rings is 2. The van der Waals surface area contributed by atoms with Crippen molar-refractivity contribution in [1.82, 2.24) is 5.32 Å². The summed E-state index contributed by atoms with van der Waals surface area (Å²) in [5.41, 5.74) is 1.94. The van der Waals surface area contributed by atoms with Crippen LogP contribution in [0.2, 0.25) is 0 Å². The predicted octanol–water partition coefficient (Wildman–Crippen LogP) is 4.07. The molecule has 0 saturated heterocycles. The largest absolute Gasteiger partial charge is 0.481 e. The Labute approximate surface area is 146 Å². The Hall–Kier alpha value is -2.69. The average Bonchev–Trinajstić information content (AvgIpc) is 2.53. The Morgan fingerprint density at radius 2 is 1.76 bits per heavy atom. The number of carboxylic acids is 1. The molecule has 2 rings (SSSR count). The number of carbonyl (C=O) groups is 2. The van der Waals surface area contributed by atoms with Crippen LogP contribution >= 0.6 is 0 Å². The molecule has 5 heteroatoms. The Morgan fingerprint density at radius 1 is 1.12 bits per heavy atom. The third-order valence-electron chi connectivity index (χ3n) is 3.95. The molecule has 0 aromatic heterocycles. The Morgan fingerprint density at radius 3 is 2.28 bits per heavy atom. The molecule has 1 amide bonds. The van der Waals surface area contributed by atoms with Crippen LogP contribution < -0.4 is 5.32 Å². The SMILES string of the molecule is CC(C)(C)c1ccc([C@H](CC(=O)O)NC(=O)c2cccc(F)c2)cc1. The molecule has 0 heterocycles. The van der Waals surface area contributed by atoms with E-state index < -0.39 is 23.7 Å². The molecule has 2 aromatic carbocycles. The van der Waals surface area contributed by atoms with Crippen molar-refractivity contribution in [1.29, 1.82) is 0 Å². The van der Waals surface area contributed by atoms with E-state index in [0.29, 0.717) is 5.56 Å². The number of rotatable bonds is 5. The van der Waals surface area contributed by atoms with Crippen molar-refractivity contribution in [3.05, 3.63) is 71.0 Å². The van der Waals surface area contributed by atoms with Gasteiger partial charge in [0.05, 0.1) is 12.5 Å². The molecule has 0 saturated carbocycles. The van der Waals surface area contributed by atoms with E-state index in [9.17, 15) is 14.0 Å². The second-order valence-electron chi connectivity index (χ2n) is 7.01. The minimum atomic E-state index is -1.02. The topological polar surface area (TPSA) is 66.4 Å². The third-order valence-corrected chi connectivity index (χ3v) is 3.95. The van der Waals surface area contributed by atoms with Gasteiger partial charge in [0.1, 0.15) is 5.82 Å².